The van der Waals surface area contributed by atoms with Gasteiger partial charge in [-0.25, -0.2) is 4.68 Å². The molecule has 0 saturated heterocycles. The van der Waals surface area contributed by atoms with Crippen molar-refractivity contribution in [2.45, 2.75) is 44.7 Å². The molecule has 3 rings (SSSR count). The Morgan fingerprint density at radius 2 is 2.13 bits per heavy atom. The van der Waals surface area contributed by atoms with Gasteiger partial charge in [-0.3, -0.25) is 0 Å². The lowest BCUT2D eigenvalue weighted by atomic mass is 10.1. The fourth-order valence-corrected chi connectivity index (χ4v) is 2.79. The molecule has 0 bridgehead atoms. The molecule has 82 valence electrons. The van der Waals surface area contributed by atoms with Crippen LogP contribution in [0.3, 0.4) is 0 Å². The van der Waals surface area contributed by atoms with Crippen molar-refractivity contribution in [3.8, 4) is 0 Å². The zero-order valence-electron chi connectivity index (χ0n) is 9.00. The first-order valence-electron chi connectivity index (χ1n) is 5.92. The number of aromatic nitrogens is 2. The van der Waals surface area contributed by atoms with Crippen molar-refractivity contribution in [3.05, 3.63) is 11.3 Å². The molecular formula is C11H18N4. The van der Waals surface area contributed by atoms with Gasteiger partial charge in [-0.15, -0.1) is 0 Å². The van der Waals surface area contributed by atoms with Gasteiger partial charge in [0.05, 0.1) is 11.7 Å². The molecule has 2 heterocycles. The molecule has 1 fully saturated rings. The summed E-state index contributed by atoms with van der Waals surface area (Å²) in [5, 5.41) is 8.00. The Bertz CT molecular complexity index is 363. The number of nitrogens with two attached hydrogens (primary N) is 1. The number of hydrogen-bond acceptors (Lipinski definition) is 3. The van der Waals surface area contributed by atoms with Crippen LogP contribution >= 0.6 is 0 Å². The molecule has 3 N–H and O–H groups in total. The van der Waals surface area contributed by atoms with E-state index in [1.807, 2.05) is 0 Å². The predicted octanol–water partition coefficient (Wildman–Crippen LogP) is 1.23. The maximum atomic E-state index is 6.18. The number of rotatable bonds is 1. The maximum absolute atomic E-state index is 6.18. The molecule has 0 spiro atoms. The van der Waals surface area contributed by atoms with E-state index in [0.29, 0.717) is 6.04 Å². The summed E-state index contributed by atoms with van der Waals surface area (Å²) in [5.74, 6) is 0.929. The molecule has 0 atom stereocenters. The molecule has 15 heavy (non-hydrogen) atoms. The molecule has 1 aromatic heterocycles. The van der Waals surface area contributed by atoms with E-state index >= 15 is 0 Å². The van der Waals surface area contributed by atoms with E-state index in [0.717, 1.165) is 25.3 Å². The smallest absolute Gasteiger partial charge is 0.125 e. The second-order valence-corrected chi connectivity index (χ2v) is 4.62. The average Bonchev–Trinajstić information content (AvgIpc) is 2.87. The van der Waals surface area contributed by atoms with E-state index in [2.05, 4.69) is 15.1 Å². The highest BCUT2D eigenvalue weighted by atomic mass is 15.3. The molecule has 0 unspecified atom stereocenters. The fraction of sp³-hybridized carbons (Fsp3) is 0.727. The number of nitrogens with one attached hydrogen (secondary N) is 1. The standard InChI is InChI=1S/C11H18N4/c12-11-9-5-6-13-7-10(9)14-15(11)8-3-1-2-4-8/h8,13H,1-7,12H2. The summed E-state index contributed by atoms with van der Waals surface area (Å²) in [4.78, 5) is 0. The zero-order chi connectivity index (χ0) is 10.3. The van der Waals surface area contributed by atoms with Crippen molar-refractivity contribution in [2.75, 3.05) is 12.3 Å². The highest BCUT2D eigenvalue weighted by molar-refractivity contribution is 5.45. The third-order valence-electron chi connectivity index (χ3n) is 3.65. The van der Waals surface area contributed by atoms with Crippen molar-refractivity contribution in [2.24, 2.45) is 0 Å². The van der Waals surface area contributed by atoms with Gasteiger partial charge in [0.25, 0.3) is 0 Å². The van der Waals surface area contributed by atoms with Crippen LogP contribution in [0.2, 0.25) is 0 Å². The first-order chi connectivity index (χ1) is 7.36. The molecule has 1 aliphatic carbocycles. The lowest BCUT2D eigenvalue weighted by Gasteiger charge is -2.12. The Kier molecular flexibility index (Phi) is 2.16. The predicted molar refractivity (Wildman–Crippen MR) is 59.6 cm³/mol. The SMILES string of the molecule is Nc1c2c(nn1C1CCCC1)CNCC2. The van der Waals surface area contributed by atoms with Crippen LogP contribution in [-0.2, 0) is 13.0 Å². The van der Waals surface area contributed by atoms with Crippen molar-refractivity contribution in [3.63, 3.8) is 0 Å². The van der Waals surface area contributed by atoms with Crippen LogP contribution in [0.4, 0.5) is 5.82 Å². The summed E-state index contributed by atoms with van der Waals surface area (Å²) < 4.78 is 2.09. The lowest BCUT2D eigenvalue weighted by molar-refractivity contribution is 0.467. The van der Waals surface area contributed by atoms with Crippen LogP contribution < -0.4 is 11.1 Å². The largest absolute Gasteiger partial charge is 0.384 e. The lowest BCUT2D eigenvalue weighted by Crippen LogP contribution is -2.23. The fourth-order valence-electron chi connectivity index (χ4n) is 2.79. The van der Waals surface area contributed by atoms with Gasteiger partial charge in [0.2, 0.25) is 0 Å². The van der Waals surface area contributed by atoms with Crippen LogP contribution in [-0.4, -0.2) is 16.3 Å². The van der Waals surface area contributed by atoms with E-state index < -0.39 is 0 Å². The van der Waals surface area contributed by atoms with Gasteiger partial charge < -0.3 is 11.1 Å². The number of fused-ring (bicyclic) bond motifs is 1. The Hall–Kier alpha value is -1.03. The van der Waals surface area contributed by atoms with Crippen molar-refractivity contribution >= 4 is 5.82 Å². The van der Waals surface area contributed by atoms with Gasteiger partial charge in [0.1, 0.15) is 5.82 Å². The van der Waals surface area contributed by atoms with Crippen LogP contribution in [0, 0.1) is 0 Å². The van der Waals surface area contributed by atoms with Gasteiger partial charge in [-0.2, -0.15) is 5.10 Å². The van der Waals surface area contributed by atoms with E-state index in [1.54, 1.807) is 0 Å². The van der Waals surface area contributed by atoms with Crippen LogP contribution in [0.15, 0.2) is 0 Å². The number of nitrogens with zero attached hydrogens (tertiary/aromatic N) is 2. The molecule has 1 aromatic rings. The third-order valence-corrected chi connectivity index (χ3v) is 3.65. The number of nitrogen functional groups attached to an aromatic ring is 1. The second-order valence-electron chi connectivity index (χ2n) is 4.62. The van der Waals surface area contributed by atoms with E-state index in [9.17, 15) is 0 Å². The minimum atomic E-state index is 0.565. The summed E-state index contributed by atoms with van der Waals surface area (Å²) in [5.41, 5.74) is 8.64. The topological polar surface area (TPSA) is 55.9 Å². The second kappa shape index (κ2) is 3.52. The Morgan fingerprint density at radius 3 is 2.87 bits per heavy atom. The summed E-state index contributed by atoms with van der Waals surface area (Å²) in [6.07, 6.45) is 6.18. The summed E-state index contributed by atoms with van der Waals surface area (Å²) in [6.45, 7) is 1.92. The van der Waals surface area contributed by atoms with Crippen molar-refractivity contribution < 1.29 is 0 Å². The zero-order valence-corrected chi connectivity index (χ0v) is 9.00. The monoisotopic (exact) mass is 206 g/mol. The molecule has 2 aliphatic rings. The molecule has 1 saturated carbocycles. The molecule has 4 nitrogen and oxygen atoms in total. The third kappa shape index (κ3) is 1.44. The van der Waals surface area contributed by atoms with Gasteiger partial charge in [0.15, 0.2) is 0 Å². The van der Waals surface area contributed by atoms with Gasteiger partial charge in [-0.05, 0) is 25.8 Å². The summed E-state index contributed by atoms with van der Waals surface area (Å²) in [7, 11) is 0. The summed E-state index contributed by atoms with van der Waals surface area (Å²) in [6, 6.07) is 0.565. The highest BCUT2D eigenvalue weighted by Crippen LogP contribution is 2.33. The Labute approximate surface area is 89.8 Å². The Morgan fingerprint density at radius 1 is 1.33 bits per heavy atom. The number of anilines is 1. The molecule has 0 amide bonds. The van der Waals surface area contributed by atoms with Gasteiger partial charge in [-0.1, -0.05) is 12.8 Å². The summed E-state index contributed by atoms with van der Waals surface area (Å²) >= 11 is 0. The average molecular weight is 206 g/mol. The van der Waals surface area contributed by atoms with E-state index in [4.69, 9.17) is 5.73 Å². The van der Waals surface area contributed by atoms with Crippen LogP contribution in [0.1, 0.15) is 43.0 Å². The Balaban J connectivity index is 1.97. The van der Waals surface area contributed by atoms with Crippen molar-refractivity contribution in [1.82, 2.24) is 15.1 Å². The van der Waals surface area contributed by atoms with Crippen LogP contribution in [0.25, 0.3) is 0 Å². The molecule has 0 radical (unpaired) electrons. The minimum absolute atomic E-state index is 0.565. The van der Waals surface area contributed by atoms with Crippen molar-refractivity contribution in [1.29, 1.82) is 0 Å². The molecular weight excluding hydrogens is 188 g/mol. The molecule has 4 heteroatoms. The van der Waals surface area contributed by atoms with Crippen LogP contribution in [0.5, 0.6) is 0 Å². The molecule has 0 aromatic carbocycles. The molecule has 1 aliphatic heterocycles. The van der Waals surface area contributed by atoms with E-state index in [-0.39, 0.29) is 0 Å². The normalized spacial score (nSPS) is 21.9. The van der Waals surface area contributed by atoms with Gasteiger partial charge >= 0.3 is 0 Å². The van der Waals surface area contributed by atoms with E-state index in [1.165, 1.54) is 36.9 Å². The minimum Gasteiger partial charge on any atom is -0.384 e. The maximum Gasteiger partial charge on any atom is 0.125 e. The number of hydrogen-bond donors (Lipinski definition) is 2. The quantitative estimate of drug-likeness (QED) is 0.726. The first kappa shape index (κ1) is 9.21. The van der Waals surface area contributed by atoms with Gasteiger partial charge in [0, 0.05) is 12.1 Å². The highest BCUT2D eigenvalue weighted by Gasteiger charge is 2.24. The first-order valence-corrected chi connectivity index (χ1v) is 5.92.